The molecule has 1 unspecified atom stereocenters. The van der Waals surface area contributed by atoms with E-state index in [4.69, 9.17) is 4.52 Å². The van der Waals surface area contributed by atoms with Gasteiger partial charge in [0.2, 0.25) is 5.89 Å². The van der Waals surface area contributed by atoms with Gasteiger partial charge in [0, 0.05) is 6.54 Å². The summed E-state index contributed by atoms with van der Waals surface area (Å²) < 4.78 is 5.10. The van der Waals surface area contributed by atoms with Gasteiger partial charge in [-0.25, -0.2) is 0 Å². The smallest absolute Gasteiger partial charge is 0.292 e. The Morgan fingerprint density at radius 1 is 1.53 bits per heavy atom. The minimum absolute atomic E-state index is 0.0339. The molecule has 7 nitrogen and oxygen atoms in total. The van der Waals surface area contributed by atoms with Crippen molar-refractivity contribution in [2.75, 3.05) is 13.1 Å². The Balaban J connectivity index is 1.57. The standard InChI is InChI=1S/C12H18N4O3/c17-10(14-7-12(18)4-2-5-12)9-15-11(19-16-9)8-3-1-6-13-8/h8,13,18H,1-7H2,(H,14,17). The molecule has 2 heterocycles. The highest BCUT2D eigenvalue weighted by Gasteiger charge is 2.35. The highest BCUT2D eigenvalue weighted by Crippen LogP contribution is 2.30. The molecule has 0 radical (unpaired) electrons. The predicted octanol–water partition coefficient (Wildman–Crippen LogP) is 0.139. The van der Waals surface area contributed by atoms with Crippen molar-refractivity contribution < 1.29 is 14.4 Å². The fraction of sp³-hybridized carbons (Fsp3) is 0.750. The molecule has 0 aromatic carbocycles. The largest absolute Gasteiger partial charge is 0.388 e. The van der Waals surface area contributed by atoms with Crippen molar-refractivity contribution >= 4 is 5.91 Å². The van der Waals surface area contributed by atoms with Gasteiger partial charge in [-0.1, -0.05) is 5.16 Å². The van der Waals surface area contributed by atoms with Gasteiger partial charge in [-0.15, -0.1) is 0 Å². The summed E-state index contributed by atoms with van der Waals surface area (Å²) in [6.45, 7) is 1.18. The molecule has 2 fully saturated rings. The van der Waals surface area contributed by atoms with Crippen molar-refractivity contribution in [3.63, 3.8) is 0 Å². The summed E-state index contributed by atoms with van der Waals surface area (Å²) in [5.41, 5.74) is -0.741. The fourth-order valence-electron chi connectivity index (χ4n) is 2.45. The number of hydrogen-bond donors (Lipinski definition) is 3. The Bertz CT molecular complexity index is 463. The van der Waals surface area contributed by atoms with Gasteiger partial charge in [0.25, 0.3) is 11.7 Å². The molecule has 19 heavy (non-hydrogen) atoms. The lowest BCUT2D eigenvalue weighted by atomic mass is 9.80. The van der Waals surface area contributed by atoms with Crippen molar-refractivity contribution in [1.82, 2.24) is 20.8 Å². The van der Waals surface area contributed by atoms with E-state index in [2.05, 4.69) is 20.8 Å². The normalized spacial score (nSPS) is 25.0. The van der Waals surface area contributed by atoms with Crippen LogP contribution >= 0.6 is 0 Å². The Morgan fingerprint density at radius 2 is 2.37 bits per heavy atom. The number of aromatic nitrogens is 2. The average molecular weight is 266 g/mol. The molecule has 1 saturated carbocycles. The lowest BCUT2D eigenvalue weighted by molar-refractivity contribution is -0.0301. The summed E-state index contributed by atoms with van der Waals surface area (Å²) in [6, 6.07) is 0.0601. The molecular formula is C12H18N4O3. The molecule has 0 bridgehead atoms. The van der Waals surface area contributed by atoms with Crippen molar-refractivity contribution in [3.8, 4) is 0 Å². The van der Waals surface area contributed by atoms with E-state index in [0.717, 1.165) is 38.6 Å². The molecular weight excluding hydrogens is 248 g/mol. The molecule has 104 valence electrons. The number of nitrogens with one attached hydrogen (secondary N) is 2. The summed E-state index contributed by atoms with van der Waals surface area (Å²) in [7, 11) is 0. The van der Waals surface area contributed by atoms with Crippen LogP contribution in [-0.4, -0.2) is 39.8 Å². The zero-order chi connectivity index (χ0) is 13.3. The van der Waals surface area contributed by atoms with Crippen LogP contribution in [0.2, 0.25) is 0 Å². The van der Waals surface area contributed by atoms with Crippen LogP contribution in [0.25, 0.3) is 0 Å². The highest BCUT2D eigenvalue weighted by atomic mass is 16.5. The lowest BCUT2D eigenvalue weighted by Gasteiger charge is -2.36. The summed E-state index contributed by atoms with van der Waals surface area (Å²) in [5.74, 6) is 0.102. The number of hydrogen-bond acceptors (Lipinski definition) is 6. The molecule has 7 heteroatoms. The molecule has 1 saturated heterocycles. The van der Waals surface area contributed by atoms with E-state index in [9.17, 15) is 9.90 Å². The molecule has 1 aliphatic carbocycles. The van der Waals surface area contributed by atoms with Crippen LogP contribution < -0.4 is 10.6 Å². The molecule has 1 aromatic heterocycles. The molecule has 1 amide bonds. The van der Waals surface area contributed by atoms with Crippen LogP contribution in [0.1, 0.15) is 54.7 Å². The van der Waals surface area contributed by atoms with E-state index in [-0.39, 0.29) is 18.4 Å². The summed E-state index contributed by atoms with van der Waals surface area (Å²) in [6.07, 6.45) is 4.49. The zero-order valence-electron chi connectivity index (χ0n) is 10.7. The Morgan fingerprint density at radius 3 is 3.00 bits per heavy atom. The first-order valence-electron chi connectivity index (χ1n) is 6.74. The maximum absolute atomic E-state index is 11.8. The van der Waals surface area contributed by atoms with Crippen molar-refractivity contribution in [2.24, 2.45) is 0 Å². The second-order valence-electron chi connectivity index (χ2n) is 5.37. The van der Waals surface area contributed by atoms with Crippen LogP contribution in [-0.2, 0) is 0 Å². The van der Waals surface area contributed by atoms with Gasteiger partial charge < -0.3 is 20.3 Å². The zero-order valence-corrected chi connectivity index (χ0v) is 10.7. The quantitative estimate of drug-likeness (QED) is 0.716. The third-order valence-electron chi connectivity index (χ3n) is 3.87. The molecule has 3 rings (SSSR count). The molecule has 0 spiro atoms. The van der Waals surface area contributed by atoms with Gasteiger partial charge in [0.05, 0.1) is 11.6 Å². The molecule has 1 atom stereocenters. The topological polar surface area (TPSA) is 100 Å². The molecule has 1 aromatic rings. The maximum atomic E-state index is 11.8. The minimum atomic E-state index is -0.741. The van der Waals surface area contributed by atoms with Crippen molar-refractivity contribution in [2.45, 2.75) is 43.7 Å². The van der Waals surface area contributed by atoms with E-state index >= 15 is 0 Å². The van der Waals surface area contributed by atoms with E-state index in [0.29, 0.717) is 5.89 Å². The minimum Gasteiger partial charge on any atom is -0.388 e. The monoisotopic (exact) mass is 266 g/mol. The first-order valence-corrected chi connectivity index (χ1v) is 6.74. The first-order chi connectivity index (χ1) is 9.16. The van der Waals surface area contributed by atoms with Gasteiger partial charge in [0.1, 0.15) is 0 Å². The van der Waals surface area contributed by atoms with Gasteiger partial charge in [-0.2, -0.15) is 4.98 Å². The van der Waals surface area contributed by atoms with Gasteiger partial charge in [0.15, 0.2) is 0 Å². The van der Waals surface area contributed by atoms with Gasteiger partial charge in [-0.3, -0.25) is 4.79 Å². The van der Waals surface area contributed by atoms with E-state index in [1.54, 1.807) is 0 Å². The number of amides is 1. The SMILES string of the molecule is O=C(NCC1(O)CCC1)c1noc(C2CCCN2)n1. The van der Waals surface area contributed by atoms with E-state index < -0.39 is 11.5 Å². The number of rotatable bonds is 4. The molecule has 1 aliphatic heterocycles. The lowest BCUT2D eigenvalue weighted by Crippen LogP contribution is -2.47. The highest BCUT2D eigenvalue weighted by molar-refractivity contribution is 5.90. The predicted molar refractivity (Wildman–Crippen MR) is 65.4 cm³/mol. The second-order valence-corrected chi connectivity index (χ2v) is 5.37. The third kappa shape index (κ3) is 2.62. The number of aliphatic hydroxyl groups is 1. The second kappa shape index (κ2) is 4.90. The van der Waals surface area contributed by atoms with Crippen LogP contribution in [0.3, 0.4) is 0 Å². The number of carbonyl (C=O) groups is 1. The summed E-state index contributed by atoms with van der Waals surface area (Å²) >= 11 is 0. The van der Waals surface area contributed by atoms with Crippen molar-refractivity contribution in [3.05, 3.63) is 11.7 Å². The first kappa shape index (κ1) is 12.6. The number of nitrogens with zero attached hydrogens (tertiary/aromatic N) is 2. The van der Waals surface area contributed by atoms with Crippen LogP contribution in [0.4, 0.5) is 0 Å². The van der Waals surface area contributed by atoms with Crippen molar-refractivity contribution in [1.29, 1.82) is 0 Å². The van der Waals surface area contributed by atoms with Gasteiger partial charge in [-0.05, 0) is 38.6 Å². The van der Waals surface area contributed by atoms with Gasteiger partial charge >= 0.3 is 0 Å². The fourth-order valence-corrected chi connectivity index (χ4v) is 2.45. The van der Waals surface area contributed by atoms with Crippen LogP contribution in [0.5, 0.6) is 0 Å². The van der Waals surface area contributed by atoms with Crippen LogP contribution in [0, 0.1) is 0 Å². The summed E-state index contributed by atoms with van der Waals surface area (Å²) in [4.78, 5) is 15.9. The summed E-state index contributed by atoms with van der Waals surface area (Å²) in [5, 5.41) is 19.5. The Hall–Kier alpha value is -1.47. The van der Waals surface area contributed by atoms with E-state index in [1.807, 2.05) is 0 Å². The van der Waals surface area contributed by atoms with E-state index in [1.165, 1.54) is 0 Å². The molecule has 2 aliphatic rings. The average Bonchev–Trinajstić information content (AvgIpc) is 3.02. The van der Waals surface area contributed by atoms with Crippen LogP contribution in [0.15, 0.2) is 4.52 Å². The third-order valence-corrected chi connectivity index (χ3v) is 3.87. The maximum Gasteiger partial charge on any atom is 0.292 e. The number of carbonyl (C=O) groups excluding carboxylic acids is 1. The molecule has 3 N–H and O–H groups in total. The Kier molecular flexibility index (Phi) is 3.24. The Labute approximate surface area is 110 Å².